The van der Waals surface area contributed by atoms with Crippen molar-refractivity contribution in [1.29, 1.82) is 0 Å². The van der Waals surface area contributed by atoms with Gasteiger partial charge in [-0.15, -0.1) is 0 Å². The molecule has 6 heteroatoms. The molecule has 4 rings (SSSR count). The van der Waals surface area contributed by atoms with Crippen molar-refractivity contribution in [2.75, 3.05) is 31.1 Å². The van der Waals surface area contributed by atoms with Gasteiger partial charge in [0.25, 0.3) is 0 Å². The van der Waals surface area contributed by atoms with Crippen LogP contribution in [-0.4, -0.2) is 45.4 Å². The zero-order valence-electron chi connectivity index (χ0n) is 11.7. The highest BCUT2D eigenvalue weighted by Crippen LogP contribution is 2.19. The van der Waals surface area contributed by atoms with Crippen LogP contribution in [0.15, 0.2) is 41.6 Å². The van der Waals surface area contributed by atoms with Crippen LogP contribution in [0.2, 0.25) is 0 Å². The Balaban J connectivity index is 1.46. The standard InChI is InChI=1S/C15H17N5S/c1-10-21-12-13(1)11-18-6-8-20(9-7-18)15-14-16-2-4-19(14)5-3-17-15/h1-5,10,12H,6-9,11H2. The smallest absolute Gasteiger partial charge is 0.180 e. The number of imidazole rings is 1. The minimum Gasteiger partial charge on any atom is -0.351 e. The zero-order chi connectivity index (χ0) is 14.1. The lowest BCUT2D eigenvalue weighted by Gasteiger charge is -2.35. The highest BCUT2D eigenvalue weighted by molar-refractivity contribution is 7.07. The predicted molar refractivity (Wildman–Crippen MR) is 84.8 cm³/mol. The third-order valence-corrected chi connectivity index (χ3v) is 4.68. The summed E-state index contributed by atoms with van der Waals surface area (Å²) in [7, 11) is 0. The molecule has 0 aromatic carbocycles. The Morgan fingerprint density at radius 2 is 1.86 bits per heavy atom. The first-order chi connectivity index (χ1) is 10.4. The number of anilines is 1. The van der Waals surface area contributed by atoms with Crippen LogP contribution in [0.5, 0.6) is 0 Å². The van der Waals surface area contributed by atoms with Crippen LogP contribution in [-0.2, 0) is 6.54 Å². The van der Waals surface area contributed by atoms with E-state index in [4.69, 9.17) is 0 Å². The van der Waals surface area contributed by atoms with Crippen molar-refractivity contribution in [2.24, 2.45) is 0 Å². The largest absolute Gasteiger partial charge is 0.351 e. The molecule has 0 aliphatic carbocycles. The Labute approximate surface area is 127 Å². The maximum Gasteiger partial charge on any atom is 0.180 e. The second-order valence-electron chi connectivity index (χ2n) is 5.30. The maximum absolute atomic E-state index is 4.53. The van der Waals surface area contributed by atoms with Crippen molar-refractivity contribution < 1.29 is 0 Å². The molecule has 4 heterocycles. The third kappa shape index (κ3) is 2.52. The molecule has 0 unspecified atom stereocenters. The molecule has 1 fully saturated rings. The summed E-state index contributed by atoms with van der Waals surface area (Å²) in [5.41, 5.74) is 2.37. The molecule has 3 aromatic rings. The Morgan fingerprint density at radius 1 is 1.05 bits per heavy atom. The summed E-state index contributed by atoms with van der Waals surface area (Å²) in [6.45, 7) is 5.20. The average molecular weight is 299 g/mol. The normalized spacial score (nSPS) is 16.7. The monoisotopic (exact) mass is 299 g/mol. The van der Waals surface area contributed by atoms with E-state index in [0.717, 1.165) is 44.2 Å². The van der Waals surface area contributed by atoms with Crippen molar-refractivity contribution in [3.8, 4) is 0 Å². The van der Waals surface area contributed by atoms with Gasteiger partial charge in [-0.2, -0.15) is 11.3 Å². The number of hydrogen-bond acceptors (Lipinski definition) is 5. The second-order valence-corrected chi connectivity index (χ2v) is 6.08. The molecule has 3 aromatic heterocycles. The van der Waals surface area contributed by atoms with E-state index in [-0.39, 0.29) is 0 Å². The molecule has 0 N–H and O–H groups in total. The van der Waals surface area contributed by atoms with Gasteiger partial charge in [-0.05, 0) is 22.4 Å². The average Bonchev–Trinajstić information content (AvgIpc) is 3.18. The molecule has 0 atom stereocenters. The number of piperazine rings is 1. The van der Waals surface area contributed by atoms with Crippen LogP contribution < -0.4 is 4.90 Å². The fourth-order valence-electron chi connectivity index (χ4n) is 2.82. The number of thiophene rings is 1. The first-order valence-corrected chi connectivity index (χ1v) is 8.10. The number of rotatable bonds is 3. The molecular formula is C15H17N5S. The highest BCUT2D eigenvalue weighted by Gasteiger charge is 2.20. The molecular weight excluding hydrogens is 282 g/mol. The molecule has 0 bridgehead atoms. The highest BCUT2D eigenvalue weighted by atomic mass is 32.1. The van der Waals surface area contributed by atoms with Gasteiger partial charge in [0, 0.05) is 57.5 Å². The third-order valence-electron chi connectivity index (χ3n) is 3.95. The summed E-state index contributed by atoms with van der Waals surface area (Å²) in [5, 5.41) is 4.38. The van der Waals surface area contributed by atoms with Gasteiger partial charge >= 0.3 is 0 Å². The fraction of sp³-hybridized carbons (Fsp3) is 0.333. The molecule has 1 saturated heterocycles. The molecule has 0 amide bonds. The topological polar surface area (TPSA) is 36.7 Å². The van der Waals surface area contributed by atoms with E-state index in [0.29, 0.717) is 0 Å². The van der Waals surface area contributed by atoms with E-state index in [9.17, 15) is 0 Å². The first kappa shape index (κ1) is 12.8. The van der Waals surface area contributed by atoms with Crippen LogP contribution in [0, 0.1) is 0 Å². The molecule has 1 aliphatic rings. The minimum absolute atomic E-state index is 0.948. The quantitative estimate of drug-likeness (QED) is 0.742. The van der Waals surface area contributed by atoms with Crippen LogP contribution in [0.25, 0.3) is 5.65 Å². The van der Waals surface area contributed by atoms with Gasteiger partial charge in [0.05, 0.1) is 0 Å². The molecule has 5 nitrogen and oxygen atoms in total. The van der Waals surface area contributed by atoms with Crippen molar-refractivity contribution in [3.05, 3.63) is 47.2 Å². The molecule has 0 radical (unpaired) electrons. The van der Waals surface area contributed by atoms with Gasteiger partial charge in [-0.25, -0.2) is 9.97 Å². The fourth-order valence-corrected chi connectivity index (χ4v) is 3.48. The predicted octanol–water partition coefficient (Wildman–Crippen LogP) is 2.11. The van der Waals surface area contributed by atoms with E-state index in [1.165, 1.54) is 5.56 Å². The van der Waals surface area contributed by atoms with E-state index in [2.05, 4.69) is 36.6 Å². The summed E-state index contributed by atoms with van der Waals surface area (Å²) in [4.78, 5) is 13.8. The molecule has 0 saturated carbocycles. The second kappa shape index (κ2) is 5.46. The van der Waals surface area contributed by atoms with Crippen molar-refractivity contribution >= 4 is 22.8 Å². The summed E-state index contributed by atoms with van der Waals surface area (Å²) < 4.78 is 2.03. The van der Waals surface area contributed by atoms with Gasteiger partial charge in [-0.3, -0.25) is 4.90 Å². The van der Waals surface area contributed by atoms with E-state index < -0.39 is 0 Å². The van der Waals surface area contributed by atoms with Crippen molar-refractivity contribution in [2.45, 2.75) is 6.54 Å². The Bertz CT molecular complexity index is 713. The van der Waals surface area contributed by atoms with Gasteiger partial charge < -0.3 is 9.30 Å². The first-order valence-electron chi connectivity index (χ1n) is 7.16. The number of fused-ring (bicyclic) bond motifs is 1. The van der Waals surface area contributed by atoms with Gasteiger partial charge in [-0.1, -0.05) is 0 Å². The van der Waals surface area contributed by atoms with Crippen molar-refractivity contribution in [1.82, 2.24) is 19.3 Å². The summed E-state index contributed by atoms with van der Waals surface area (Å²) in [6, 6.07) is 2.21. The lowest BCUT2D eigenvalue weighted by atomic mass is 10.2. The Kier molecular flexibility index (Phi) is 3.33. The number of aromatic nitrogens is 3. The van der Waals surface area contributed by atoms with Crippen LogP contribution >= 0.6 is 11.3 Å². The minimum atomic E-state index is 0.948. The SMILES string of the molecule is c1cn2ccnc2c(N2CCN(Cc3ccsc3)CC2)n1. The van der Waals surface area contributed by atoms with Gasteiger partial charge in [0.1, 0.15) is 0 Å². The van der Waals surface area contributed by atoms with E-state index in [1.807, 2.05) is 29.2 Å². The molecule has 108 valence electrons. The van der Waals surface area contributed by atoms with Crippen LogP contribution in [0.1, 0.15) is 5.56 Å². The Morgan fingerprint density at radius 3 is 2.62 bits per heavy atom. The Hall–Kier alpha value is -1.92. The lowest BCUT2D eigenvalue weighted by molar-refractivity contribution is 0.249. The summed E-state index contributed by atoms with van der Waals surface area (Å²) in [5.74, 6) is 0.998. The van der Waals surface area contributed by atoms with E-state index >= 15 is 0 Å². The zero-order valence-corrected chi connectivity index (χ0v) is 12.5. The maximum atomic E-state index is 4.53. The molecule has 0 spiro atoms. The number of hydrogen-bond donors (Lipinski definition) is 0. The van der Waals surface area contributed by atoms with E-state index in [1.54, 1.807) is 11.3 Å². The van der Waals surface area contributed by atoms with Crippen LogP contribution in [0.4, 0.5) is 5.82 Å². The molecule has 1 aliphatic heterocycles. The van der Waals surface area contributed by atoms with Crippen molar-refractivity contribution in [3.63, 3.8) is 0 Å². The molecule has 21 heavy (non-hydrogen) atoms. The van der Waals surface area contributed by atoms with Crippen LogP contribution in [0.3, 0.4) is 0 Å². The summed E-state index contributed by atoms with van der Waals surface area (Å²) >= 11 is 1.77. The summed E-state index contributed by atoms with van der Waals surface area (Å²) in [6.07, 6.45) is 7.58. The number of nitrogens with zero attached hydrogens (tertiary/aromatic N) is 5. The van der Waals surface area contributed by atoms with Gasteiger partial charge in [0.15, 0.2) is 11.5 Å². The van der Waals surface area contributed by atoms with Gasteiger partial charge in [0.2, 0.25) is 0 Å². The lowest BCUT2D eigenvalue weighted by Crippen LogP contribution is -2.46.